The molecule has 1 atom stereocenters. The van der Waals surface area contributed by atoms with Gasteiger partial charge in [0.25, 0.3) is 5.91 Å². The zero-order valence-electron chi connectivity index (χ0n) is 14.0. The smallest absolute Gasteiger partial charge is 0.340 e. The average Bonchev–Trinajstić information content (AvgIpc) is 2.82. The van der Waals surface area contributed by atoms with Crippen LogP contribution in [0.5, 0.6) is 0 Å². The minimum atomic E-state index is -0.824. The third-order valence-electron chi connectivity index (χ3n) is 3.60. The van der Waals surface area contributed by atoms with Gasteiger partial charge in [-0.3, -0.25) is 4.79 Å². The van der Waals surface area contributed by atoms with E-state index in [0.29, 0.717) is 5.56 Å². The number of aryl methyl sites for hydroxylation is 1. The van der Waals surface area contributed by atoms with Crippen molar-refractivity contribution < 1.29 is 14.3 Å². The predicted octanol–water partition coefficient (Wildman–Crippen LogP) is 2.12. The largest absolute Gasteiger partial charge is 0.449 e. The van der Waals surface area contributed by atoms with E-state index < -0.39 is 12.1 Å². The normalized spacial score (nSPS) is 11.9. The van der Waals surface area contributed by atoms with Gasteiger partial charge in [0.05, 0.1) is 5.56 Å². The lowest BCUT2D eigenvalue weighted by Gasteiger charge is -2.17. The minimum absolute atomic E-state index is 0.253. The molecule has 2 aromatic rings. The second-order valence-corrected chi connectivity index (χ2v) is 5.59. The van der Waals surface area contributed by atoms with Crippen molar-refractivity contribution in [3.63, 3.8) is 0 Å². The van der Waals surface area contributed by atoms with E-state index >= 15 is 0 Å². The number of nitrogens with zero attached hydrogens (tertiary/aromatic N) is 3. The summed E-state index contributed by atoms with van der Waals surface area (Å²) in [6, 6.07) is 7.34. The van der Waals surface area contributed by atoms with Crippen LogP contribution in [0, 0.1) is 13.8 Å². The number of carbonyl (C=O) groups excluding carboxylic acids is 2. The topological polar surface area (TPSA) is 64.4 Å². The van der Waals surface area contributed by atoms with Gasteiger partial charge >= 0.3 is 5.97 Å². The van der Waals surface area contributed by atoms with Crippen LogP contribution in [-0.2, 0) is 9.53 Å². The molecule has 0 spiro atoms. The Kier molecular flexibility index (Phi) is 4.83. The molecule has 0 aromatic carbocycles. The maximum atomic E-state index is 12.4. The molecule has 0 unspecified atom stereocenters. The quantitative estimate of drug-likeness (QED) is 0.811. The first-order valence-corrected chi connectivity index (χ1v) is 7.35. The van der Waals surface area contributed by atoms with E-state index in [4.69, 9.17) is 4.74 Å². The number of rotatable bonds is 4. The number of likely N-dealkylation sites (N-methyl/N-ethyl adjacent to an activating group) is 1. The molecule has 0 radical (unpaired) electrons. The van der Waals surface area contributed by atoms with Crippen LogP contribution in [0.1, 0.15) is 28.7 Å². The van der Waals surface area contributed by atoms with E-state index in [9.17, 15) is 9.59 Å². The summed E-state index contributed by atoms with van der Waals surface area (Å²) in [5.74, 6) is -0.0289. The highest BCUT2D eigenvalue weighted by Gasteiger charge is 2.23. The molecule has 0 aliphatic heterocycles. The Balaban J connectivity index is 2.28. The minimum Gasteiger partial charge on any atom is -0.449 e. The summed E-state index contributed by atoms with van der Waals surface area (Å²) in [7, 11) is 3.25. The lowest BCUT2D eigenvalue weighted by Crippen LogP contribution is -2.35. The van der Waals surface area contributed by atoms with Crippen LogP contribution >= 0.6 is 0 Å². The van der Waals surface area contributed by atoms with E-state index in [0.717, 1.165) is 17.2 Å². The van der Waals surface area contributed by atoms with E-state index in [1.165, 1.54) is 4.90 Å². The van der Waals surface area contributed by atoms with Crippen molar-refractivity contribution in [1.29, 1.82) is 0 Å². The van der Waals surface area contributed by atoms with Gasteiger partial charge < -0.3 is 14.2 Å². The summed E-state index contributed by atoms with van der Waals surface area (Å²) in [6.45, 7) is 5.29. The van der Waals surface area contributed by atoms with Gasteiger partial charge in [0, 0.05) is 31.7 Å². The van der Waals surface area contributed by atoms with E-state index in [-0.39, 0.29) is 5.91 Å². The monoisotopic (exact) mass is 315 g/mol. The number of hydrogen-bond acceptors (Lipinski definition) is 4. The third-order valence-corrected chi connectivity index (χ3v) is 3.60. The van der Waals surface area contributed by atoms with Crippen molar-refractivity contribution in [3.05, 3.63) is 47.4 Å². The fraction of sp³-hybridized carbons (Fsp3) is 0.353. The van der Waals surface area contributed by atoms with Crippen LogP contribution in [0.3, 0.4) is 0 Å². The maximum Gasteiger partial charge on any atom is 0.340 e. The molecular weight excluding hydrogens is 294 g/mol. The highest BCUT2D eigenvalue weighted by atomic mass is 16.5. The third kappa shape index (κ3) is 3.41. The van der Waals surface area contributed by atoms with Gasteiger partial charge in [-0.05, 0) is 39.0 Å². The van der Waals surface area contributed by atoms with E-state index in [1.807, 2.05) is 36.6 Å². The predicted molar refractivity (Wildman–Crippen MR) is 86.6 cm³/mol. The van der Waals surface area contributed by atoms with Gasteiger partial charge in [-0.25, -0.2) is 9.78 Å². The van der Waals surface area contributed by atoms with Gasteiger partial charge in [-0.15, -0.1) is 0 Å². The lowest BCUT2D eigenvalue weighted by atomic mass is 10.2. The lowest BCUT2D eigenvalue weighted by molar-refractivity contribution is -0.137. The second kappa shape index (κ2) is 6.64. The molecule has 0 aliphatic rings. The molecule has 1 amide bonds. The molecule has 0 saturated carbocycles. The van der Waals surface area contributed by atoms with Crippen molar-refractivity contribution in [2.45, 2.75) is 26.9 Å². The molecule has 0 N–H and O–H groups in total. The summed E-state index contributed by atoms with van der Waals surface area (Å²) >= 11 is 0. The fourth-order valence-corrected chi connectivity index (χ4v) is 2.45. The van der Waals surface area contributed by atoms with E-state index in [1.54, 1.807) is 33.3 Å². The Hall–Kier alpha value is -2.63. The number of esters is 1. The summed E-state index contributed by atoms with van der Waals surface area (Å²) < 4.78 is 7.16. The molecule has 2 rings (SSSR count). The number of aromatic nitrogens is 2. The van der Waals surface area contributed by atoms with Gasteiger partial charge in [0.15, 0.2) is 6.10 Å². The molecule has 2 aromatic heterocycles. The van der Waals surface area contributed by atoms with Crippen molar-refractivity contribution in [2.75, 3.05) is 14.1 Å². The van der Waals surface area contributed by atoms with Crippen LogP contribution in [0.2, 0.25) is 0 Å². The zero-order valence-corrected chi connectivity index (χ0v) is 14.0. The fourth-order valence-electron chi connectivity index (χ4n) is 2.45. The molecule has 0 bridgehead atoms. The number of amides is 1. The molecule has 122 valence electrons. The van der Waals surface area contributed by atoms with Crippen LogP contribution in [0.25, 0.3) is 5.82 Å². The highest BCUT2D eigenvalue weighted by molar-refractivity contribution is 5.93. The Labute approximate surface area is 135 Å². The Morgan fingerprint density at radius 1 is 1.26 bits per heavy atom. The molecule has 0 aliphatic carbocycles. The number of carbonyl (C=O) groups is 2. The van der Waals surface area contributed by atoms with Crippen LogP contribution < -0.4 is 0 Å². The van der Waals surface area contributed by atoms with Gasteiger partial charge in [0.2, 0.25) is 0 Å². The average molecular weight is 315 g/mol. The molecule has 2 heterocycles. The summed E-state index contributed by atoms with van der Waals surface area (Å²) in [4.78, 5) is 29.9. The number of pyridine rings is 1. The van der Waals surface area contributed by atoms with Gasteiger partial charge in [0.1, 0.15) is 5.82 Å². The van der Waals surface area contributed by atoms with Crippen molar-refractivity contribution >= 4 is 11.9 Å². The van der Waals surface area contributed by atoms with Crippen molar-refractivity contribution in [1.82, 2.24) is 14.5 Å². The first-order valence-electron chi connectivity index (χ1n) is 7.35. The summed E-state index contributed by atoms with van der Waals surface area (Å²) in [5.41, 5.74) is 2.04. The Bertz CT molecular complexity index is 720. The summed E-state index contributed by atoms with van der Waals surface area (Å²) in [5, 5.41) is 0. The summed E-state index contributed by atoms with van der Waals surface area (Å²) in [6.07, 6.45) is 0.875. The zero-order chi connectivity index (χ0) is 17.1. The molecule has 6 heteroatoms. The number of ether oxygens (including phenoxy) is 1. The van der Waals surface area contributed by atoms with Gasteiger partial charge in [-0.2, -0.15) is 0 Å². The standard InChI is InChI=1S/C17H21N3O3/c1-11-10-14(17(22)23-13(3)16(21)19(4)5)12(2)20(11)15-8-6-7-9-18-15/h6-10,13H,1-5H3/t13-/m0/s1. The molecule has 0 fully saturated rings. The SMILES string of the molecule is Cc1cc(C(=O)O[C@@H](C)C(=O)N(C)C)c(C)n1-c1ccccn1. The second-order valence-electron chi connectivity index (χ2n) is 5.59. The number of hydrogen-bond donors (Lipinski definition) is 0. The van der Waals surface area contributed by atoms with Crippen molar-refractivity contribution in [2.24, 2.45) is 0 Å². The molecule has 0 saturated heterocycles. The van der Waals surface area contributed by atoms with Gasteiger partial charge in [-0.1, -0.05) is 6.07 Å². The van der Waals surface area contributed by atoms with Crippen molar-refractivity contribution in [3.8, 4) is 5.82 Å². The van der Waals surface area contributed by atoms with Crippen LogP contribution in [0.15, 0.2) is 30.5 Å². The van der Waals surface area contributed by atoms with Crippen LogP contribution in [-0.4, -0.2) is 46.5 Å². The molecular formula is C17H21N3O3. The first-order chi connectivity index (χ1) is 10.8. The Morgan fingerprint density at radius 2 is 1.96 bits per heavy atom. The van der Waals surface area contributed by atoms with Crippen LogP contribution in [0.4, 0.5) is 0 Å². The maximum absolute atomic E-state index is 12.4. The van der Waals surface area contributed by atoms with E-state index in [2.05, 4.69) is 4.98 Å². The Morgan fingerprint density at radius 3 is 2.52 bits per heavy atom. The molecule has 6 nitrogen and oxygen atoms in total. The first kappa shape index (κ1) is 16.7. The molecule has 23 heavy (non-hydrogen) atoms. The highest BCUT2D eigenvalue weighted by Crippen LogP contribution is 2.20.